The van der Waals surface area contributed by atoms with Gasteiger partial charge < -0.3 is 19.7 Å². The highest BCUT2D eigenvalue weighted by Crippen LogP contribution is 2.38. The predicted molar refractivity (Wildman–Crippen MR) is 98.2 cm³/mol. The van der Waals surface area contributed by atoms with Crippen molar-refractivity contribution in [1.29, 1.82) is 0 Å². The zero-order chi connectivity index (χ0) is 18.7. The lowest BCUT2D eigenvalue weighted by molar-refractivity contribution is -0.127. The number of likely N-dealkylation sites (tertiary alicyclic amines) is 1. The van der Waals surface area contributed by atoms with Crippen LogP contribution in [0.15, 0.2) is 48.5 Å². The molecule has 136 valence electrons. The van der Waals surface area contributed by atoms with Crippen LogP contribution in [-0.4, -0.2) is 38.0 Å². The van der Waals surface area contributed by atoms with Gasteiger partial charge in [0.1, 0.15) is 0 Å². The quantitative estimate of drug-likeness (QED) is 0.896. The molecule has 0 bridgehead atoms. The molecule has 0 spiro atoms. The number of methoxy groups -OCH3 is 2. The Labute approximate surface area is 152 Å². The first kappa shape index (κ1) is 17.8. The van der Waals surface area contributed by atoms with E-state index in [2.05, 4.69) is 5.32 Å². The van der Waals surface area contributed by atoms with Gasteiger partial charge in [0.05, 0.1) is 26.2 Å². The van der Waals surface area contributed by atoms with Crippen LogP contribution in [0.5, 0.6) is 11.5 Å². The van der Waals surface area contributed by atoms with Crippen molar-refractivity contribution in [3.8, 4) is 11.5 Å². The first-order valence-electron chi connectivity index (χ1n) is 8.38. The van der Waals surface area contributed by atoms with Crippen LogP contribution < -0.4 is 14.8 Å². The van der Waals surface area contributed by atoms with Gasteiger partial charge in [0.2, 0.25) is 11.8 Å². The monoisotopic (exact) mass is 354 g/mol. The second-order valence-electron chi connectivity index (χ2n) is 6.23. The summed E-state index contributed by atoms with van der Waals surface area (Å²) >= 11 is 0. The molecular formula is C20H22N2O4. The topological polar surface area (TPSA) is 67.9 Å². The van der Waals surface area contributed by atoms with Crippen LogP contribution >= 0.6 is 0 Å². The smallest absolute Gasteiger partial charge is 0.230 e. The van der Waals surface area contributed by atoms with E-state index in [1.54, 1.807) is 44.4 Å². The summed E-state index contributed by atoms with van der Waals surface area (Å²) in [7, 11) is 4.84. The highest BCUT2D eigenvalue weighted by atomic mass is 16.5. The van der Waals surface area contributed by atoms with Gasteiger partial charge in [0, 0.05) is 25.2 Å². The molecule has 2 aromatic rings. The third-order valence-electron chi connectivity index (χ3n) is 4.72. The minimum Gasteiger partial charge on any atom is -0.493 e. The Morgan fingerprint density at radius 3 is 2.42 bits per heavy atom. The van der Waals surface area contributed by atoms with E-state index in [4.69, 9.17) is 9.47 Å². The van der Waals surface area contributed by atoms with Gasteiger partial charge in [-0.1, -0.05) is 30.3 Å². The van der Waals surface area contributed by atoms with Gasteiger partial charge in [0.25, 0.3) is 0 Å². The van der Waals surface area contributed by atoms with E-state index in [1.165, 1.54) is 0 Å². The average Bonchev–Trinajstić information content (AvgIpc) is 2.97. The van der Waals surface area contributed by atoms with Gasteiger partial charge >= 0.3 is 0 Å². The zero-order valence-electron chi connectivity index (χ0n) is 15.1. The Bertz CT molecular complexity index is 807. The Kier molecular flexibility index (Phi) is 5.11. The van der Waals surface area contributed by atoms with E-state index >= 15 is 0 Å². The van der Waals surface area contributed by atoms with Gasteiger partial charge in [0.15, 0.2) is 11.5 Å². The summed E-state index contributed by atoms with van der Waals surface area (Å²) in [6.45, 7) is 0. The molecule has 3 rings (SSSR count). The molecule has 1 aliphatic heterocycles. The highest BCUT2D eigenvalue weighted by Gasteiger charge is 2.42. The largest absolute Gasteiger partial charge is 0.493 e. The highest BCUT2D eigenvalue weighted by molar-refractivity contribution is 5.98. The van der Waals surface area contributed by atoms with Crippen LogP contribution in [0.25, 0.3) is 0 Å². The van der Waals surface area contributed by atoms with E-state index in [0.717, 1.165) is 5.56 Å². The fourth-order valence-electron chi connectivity index (χ4n) is 3.36. The molecule has 2 aromatic carbocycles. The minimum atomic E-state index is -0.456. The molecule has 1 aliphatic rings. The van der Waals surface area contributed by atoms with Gasteiger partial charge in [-0.25, -0.2) is 0 Å². The predicted octanol–water partition coefficient (Wildman–Crippen LogP) is 2.86. The molecule has 0 unspecified atom stereocenters. The van der Waals surface area contributed by atoms with E-state index in [1.807, 2.05) is 30.3 Å². The summed E-state index contributed by atoms with van der Waals surface area (Å²) in [5.74, 6) is 0.436. The molecule has 6 nitrogen and oxygen atoms in total. The number of carbonyl (C=O) groups excluding carboxylic acids is 2. The number of carbonyl (C=O) groups is 2. The van der Waals surface area contributed by atoms with Crippen LogP contribution in [0.1, 0.15) is 18.0 Å². The Morgan fingerprint density at radius 2 is 1.77 bits per heavy atom. The Morgan fingerprint density at radius 1 is 1.08 bits per heavy atom. The van der Waals surface area contributed by atoms with Crippen molar-refractivity contribution < 1.29 is 19.1 Å². The number of nitrogens with one attached hydrogen (secondary N) is 1. The van der Waals surface area contributed by atoms with Gasteiger partial charge in [-0.2, -0.15) is 0 Å². The van der Waals surface area contributed by atoms with Crippen molar-refractivity contribution in [2.24, 2.45) is 5.92 Å². The summed E-state index contributed by atoms with van der Waals surface area (Å²) in [5, 5.41) is 2.90. The summed E-state index contributed by atoms with van der Waals surface area (Å²) in [4.78, 5) is 26.7. The fraction of sp³-hybridized carbons (Fsp3) is 0.300. The number of ether oxygens (including phenoxy) is 2. The molecular weight excluding hydrogens is 332 g/mol. The molecule has 2 amide bonds. The molecule has 0 aliphatic carbocycles. The Hall–Kier alpha value is -3.02. The maximum absolute atomic E-state index is 12.9. The second-order valence-corrected chi connectivity index (χ2v) is 6.23. The van der Waals surface area contributed by atoms with Crippen LogP contribution in [-0.2, 0) is 9.59 Å². The number of anilines is 1. The first-order valence-corrected chi connectivity index (χ1v) is 8.38. The third-order valence-corrected chi connectivity index (χ3v) is 4.72. The number of amides is 2. The van der Waals surface area contributed by atoms with E-state index in [-0.39, 0.29) is 24.3 Å². The summed E-state index contributed by atoms with van der Waals surface area (Å²) in [6.07, 6.45) is 0.190. The van der Waals surface area contributed by atoms with Crippen molar-refractivity contribution >= 4 is 17.5 Å². The van der Waals surface area contributed by atoms with E-state index in [9.17, 15) is 9.59 Å². The van der Waals surface area contributed by atoms with Gasteiger partial charge in [-0.15, -0.1) is 0 Å². The molecule has 6 heteroatoms. The molecule has 26 heavy (non-hydrogen) atoms. The van der Waals surface area contributed by atoms with Crippen LogP contribution in [0.2, 0.25) is 0 Å². The maximum Gasteiger partial charge on any atom is 0.230 e. The van der Waals surface area contributed by atoms with Crippen molar-refractivity contribution in [3.63, 3.8) is 0 Å². The van der Waals surface area contributed by atoms with Crippen LogP contribution in [0, 0.1) is 5.92 Å². The fourth-order valence-corrected chi connectivity index (χ4v) is 3.36. The molecule has 1 heterocycles. The first-order chi connectivity index (χ1) is 12.5. The molecule has 1 N–H and O–H groups in total. The number of benzene rings is 2. The van der Waals surface area contributed by atoms with Gasteiger partial charge in [-0.3, -0.25) is 9.59 Å². The number of hydrogen-bond donors (Lipinski definition) is 1. The molecule has 0 radical (unpaired) electrons. The summed E-state index contributed by atoms with van der Waals surface area (Å²) in [6, 6.07) is 14.5. The molecule has 1 saturated heterocycles. The standard InChI is InChI=1S/C20H22N2O4/c1-22-18(23)12-15(19(22)13-7-5-4-6-8-13)20(24)21-14-9-10-16(25-2)17(11-14)26-3/h4-11,15,19H,12H2,1-3H3,(H,21,24)/t15-,19-/m0/s1. The van der Waals surface area contributed by atoms with Gasteiger partial charge in [-0.05, 0) is 17.7 Å². The van der Waals surface area contributed by atoms with Crippen molar-refractivity contribution in [1.82, 2.24) is 4.90 Å². The van der Waals surface area contributed by atoms with E-state index < -0.39 is 5.92 Å². The van der Waals surface area contributed by atoms with Crippen molar-refractivity contribution in [2.75, 3.05) is 26.6 Å². The number of rotatable bonds is 5. The normalized spacial score (nSPS) is 19.3. The molecule has 0 saturated carbocycles. The van der Waals surface area contributed by atoms with Crippen molar-refractivity contribution in [2.45, 2.75) is 12.5 Å². The van der Waals surface area contributed by atoms with E-state index in [0.29, 0.717) is 17.2 Å². The minimum absolute atomic E-state index is 0.0358. The molecule has 2 atom stereocenters. The summed E-state index contributed by atoms with van der Waals surface area (Å²) < 4.78 is 10.5. The lowest BCUT2D eigenvalue weighted by Gasteiger charge is -2.25. The Balaban J connectivity index is 1.83. The third kappa shape index (κ3) is 3.35. The molecule has 0 aromatic heterocycles. The lowest BCUT2D eigenvalue weighted by atomic mass is 9.93. The SMILES string of the molecule is COc1ccc(NC(=O)[C@H]2CC(=O)N(C)[C@H]2c2ccccc2)cc1OC. The van der Waals surface area contributed by atoms with Crippen molar-refractivity contribution in [3.05, 3.63) is 54.1 Å². The lowest BCUT2D eigenvalue weighted by Crippen LogP contribution is -2.30. The summed E-state index contributed by atoms with van der Waals surface area (Å²) in [5.41, 5.74) is 1.55. The second kappa shape index (κ2) is 7.47. The van der Waals surface area contributed by atoms with Crippen LogP contribution in [0.3, 0.4) is 0 Å². The zero-order valence-corrected chi connectivity index (χ0v) is 15.1. The number of nitrogens with zero attached hydrogens (tertiary/aromatic N) is 1. The van der Waals surface area contributed by atoms with Crippen LogP contribution in [0.4, 0.5) is 5.69 Å². The number of hydrogen-bond acceptors (Lipinski definition) is 4. The maximum atomic E-state index is 12.9. The molecule has 1 fully saturated rings. The average molecular weight is 354 g/mol.